The Balaban J connectivity index is 1.88. The maximum absolute atomic E-state index is 8.79. The van der Waals surface area contributed by atoms with Crippen molar-refractivity contribution in [1.82, 2.24) is 15.1 Å². The van der Waals surface area contributed by atoms with Gasteiger partial charge in [0.05, 0.1) is 17.3 Å². The molecule has 0 saturated heterocycles. The van der Waals surface area contributed by atoms with Crippen LogP contribution < -0.4 is 5.32 Å². The summed E-state index contributed by atoms with van der Waals surface area (Å²) >= 11 is 0. The van der Waals surface area contributed by atoms with Crippen molar-refractivity contribution in [2.24, 2.45) is 7.05 Å². The maximum Gasteiger partial charge on any atom is 0.0991 e. The normalized spacial score (nSPS) is 10.1. The zero-order valence-electron chi connectivity index (χ0n) is 9.72. The van der Waals surface area contributed by atoms with Gasteiger partial charge in [0.2, 0.25) is 0 Å². The highest BCUT2D eigenvalue weighted by Gasteiger charge is 1.98. The van der Waals surface area contributed by atoms with Gasteiger partial charge in [0.25, 0.3) is 0 Å². The molecule has 0 bridgehead atoms. The Morgan fingerprint density at radius 3 is 2.94 bits per heavy atom. The number of benzene rings is 1. The lowest BCUT2D eigenvalue weighted by Crippen LogP contribution is -2.13. The fraction of sp³-hybridized carbons (Fsp3) is 0.231. The largest absolute Gasteiger partial charge is 0.307 e. The lowest BCUT2D eigenvalue weighted by Gasteiger charge is -2.03. The molecule has 2 rings (SSSR count). The molecule has 0 aliphatic carbocycles. The van der Waals surface area contributed by atoms with Gasteiger partial charge in [-0.05, 0) is 23.8 Å². The molecule has 0 spiro atoms. The molecular formula is C13H14N4. The molecule has 0 amide bonds. The minimum absolute atomic E-state index is 0.696. The van der Waals surface area contributed by atoms with Crippen molar-refractivity contribution in [1.29, 1.82) is 5.26 Å². The smallest absolute Gasteiger partial charge is 0.0991 e. The molecule has 17 heavy (non-hydrogen) atoms. The number of aryl methyl sites for hydroxylation is 1. The van der Waals surface area contributed by atoms with Gasteiger partial charge in [-0.15, -0.1) is 0 Å². The van der Waals surface area contributed by atoms with E-state index in [4.69, 9.17) is 5.26 Å². The molecule has 4 nitrogen and oxygen atoms in total. The molecule has 0 aliphatic rings. The van der Waals surface area contributed by atoms with Crippen LogP contribution in [0.1, 0.15) is 16.8 Å². The Labute approximate surface area is 100 Å². The summed E-state index contributed by atoms with van der Waals surface area (Å²) in [6.07, 6.45) is 1.92. The van der Waals surface area contributed by atoms with Crippen LogP contribution in [0, 0.1) is 11.3 Å². The molecule has 0 saturated carbocycles. The number of hydrogen-bond donors (Lipinski definition) is 1. The SMILES string of the molecule is Cn1ccc(CNCc2cccc(C#N)c2)n1. The Morgan fingerprint density at radius 2 is 2.24 bits per heavy atom. The van der Waals surface area contributed by atoms with Gasteiger partial charge in [0.1, 0.15) is 0 Å². The molecule has 1 heterocycles. The van der Waals surface area contributed by atoms with Crippen LogP contribution in [-0.2, 0) is 20.1 Å². The van der Waals surface area contributed by atoms with Gasteiger partial charge in [-0.2, -0.15) is 10.4 Å². The summed E-state index contributed by atoms with van der Waals surface area (Å²) in [6, 6.07) is 11.7. The predicted molar refractivity (Wildman–Crippen MR) is 64.9 cm³/mol. The van der Waals surface area contributed by atoms with Crippen LogP contribution in [0.3, 0.4) is 0 Å². The topological polar surface area (TPSA) is 53.6 Å². The lowest BCUT2D eigenvalue weighted by molar-refractivity contribution is 0.656. The zero-order valence-corrected chi connectivity index (χ0v) is 9.72. The molecule has 86 valence electrons. The Morgan fingerprint density at radius 1 is 1.35 bits per heavy atom. The molecule has 0 aliphatic heterocycles. The summed E-state index contributed by atoms with van der Waals surface area (Å²) in [5.41, 5.74) is 2.83. The quantitative estimate of drug-likeness (QED) is 0.861. The van der Waals surface area contributed by atoms with Gasteiger partial charge in [-0.25, -0.2) is 0 Å². The summed E-state index contributed by atoms with van der Waals surface area (Å²) < 4.78 is 1.79. The number of rotatable bonds is 4. The third-order valence-electron chi connectivity index (χ3n) is 2.46. The third kappa shape index (κ3) is 3.16. The minimum atomic E-state index is 0.696. The lowest BCUT2D eigenvalue weighted by atomic mass is 10.1. The number of nitrogens with one attached hydrogen (secondary N) is 1. The molecule has 0 unspecified atom stereocenters. The predicted octanol–water partition coefficient (Wildman–Crippen LogP) is 1.58. The van der Waals surface area contributed by atoms with E-state index in [0.717, 1.165) is 24.3 Å². The zero-order chi connectivity index (χ0) is 12.1. The standard InChI is InChI=1S/C13H14N4/c1-17-6-5-13(16-17)10-15-9-12-4-2-3-11(7-12)8-14/h2-7,15H,9-10H2,1H3. The van der Waals surface area contributed by atoms with Gasteiger partial charge >= 0.3 is 0 Å². The summed E-state index contributed by atoms with van der Waals surface area (Å²) in [4.78, 5) is 0. The highest BCUT2D eigenvalue weighted by molar-refractivity contribution is 5.32. The second-order valence-electron chi connectivity index (χ2n) is 3.90. The van der Waals surface area contributed by atoms with Crippen LogP contribution in [0.15, 0.2) is 36.5 Å². The fourth-order valence-corrected chi connectivity index (χ4v) is 1.64. The van der Waals surface area contributed by atoms with Crippen molar-refractivity contribution in [3.05, 3.63) is 53.3 Å². The van der Waals surface area contributed by atoms with Crippen molar-refractivity contribution in [2.75, 3.05) is 0 Å². The first-order valence-corrected chi connectivity index (χ1v) is 5.46. The van der Waals surface area contributed by atoms with E-state index in [-0.39, 0.29) is 0 Å². The van der Waals surface area contributed by atoms with Crippen molar-refractivity contribution >= 4 is 0 Å². The van der Waals surface area contributed by atoms with Crippen LogP contribution in [0.25, 0.3) is 0 Å². The second-order valence-corrected chi connectivity index (χ2v) is 3.90. The van der Waals surface area contributed by atoms with E-state index in [1.807, 2.05) is 43.6 Å². The summed E-state index contributed by atoms with van der Waals surface area (Å²) in [7, 11) is 1.90. The molecule has 1 aromatic heterocycles. The molecule has 1 N–H and O–H groups in total. The summed E-state index contributed by atoms with van der Waals surface area (Å²) in [5.74, 6) is 0. The van der Waals surface area contributed by atoms with Crippen molar-refractivity contribution in [3.8, 4) is 6.07 Å². The Kier molecular flexibility index (Phi) is 3.53. The third-order valence-corrected chi connectivity index (χ3v) is 2.46. The highest BCUT2D eigenvalue weighted by Crippen LogP contribution is 2.04. The van der Waals surface area contributed by atoms with Crippen LogP contribution in [0.2, 0.25) is 0 Å². The minimum Gasteiger partial charge on any atom is -0.307 e. The average Bonchev–Trinajstić information content (AvgIpc) is 2.75. The summed E-state index contributed by atoms with van der Waals surface area (Å²) in [5, 5.41) is 16.4. The van der Waals surface area contributed by atoms with Crippen LogP contribution in [0.4, 0.5) is 0 Å². The first-order valence-electron chi connectivity index (χ1n) is 5.46. The van der Waals surface area contributed by atoms with E-state index in [2.05, 4.69) is 16.5 Å². The molecule has 1 aromatic carbocycles. The van der Waals surface area contributed by atoms with Crippen molar-refractivity contribution in [2.45, 2.75) is 13.1 Å². The van der Waals surface area contributed by atoms with Gasteiger partial charge in [0, 0.05) is 26.3 Å². The average molecular weight is 226 g/mol. The number of nitriles is 1. The van der Waals surface area contributed by atoms with Gasteiger partial charge in [0.15, 0.2) is 0 Å². The second kappa shape index (κ2) is 5.28. The number of hydrogen-bond acceptors (Lipinski definition) is 3. The van der Waals surface area contributed by atoms with E-state index in [1.165, 1.54) is 0 Å². The summed E-state index contributed by atoms with van der Waals surface area (Å²) in [6.45, 7) is 1.48. The molecule has 0 radical (unpaired) electrons. The molecule has 4 heteroatoms. The Bertz CT molecular complexity index is 536. The van der Waals surface area contributed by atoms with Crippen LogP contribution in [0.5, 0.6) is 0 Å². The van der Waals surface area contributed by atoms with E-state index < -0.39 is 0 Å². The molecule has 0 fully saturated rings. The maximum atomic E-state index is 8.79. The van der Waals surface area contributed by atoms with Crippen LogP contribution in [-0.4, -0.2) is 9.78 Å². The Hall–Kier alpha value is -2.12. The van der Waals surface area contributed by atoms with E-state index >= 15 is 0 Å². The van der Waals surface area contributed by atoms with Crippen molar-refractivity contribution in [3.63, 3.8) is 0 Å². The van der Waals surface area contributed by atoms with Gasteiger partial charge < -0.3 is 5.32 Å². The first kappa shape index (κ1) is 11.4. The van der Waals surface area contributed by atoms with Gasteiger partial charge in [-0.3, -0.25) is 4.68 Å². The van der Waals surface area contributed by atoms with E-state index in [9.17, 15) is 0 Å². The van der Waals surface area contributed by atoms with Crippen LogP contribution >= 0.6 is 0 Å². The van der Waals surface area contributed by atoms with E-state index in [0.29, 0.717) is 5.56 Å². The number of aromatic nitrogens is 2. The highest BCUT2D eigenvalue weighted by atomic mass is 15.3. The monoisotopic (exact) mass is 226 g/mol. The fourth-order valence-electron chi connectivity index (χ4n) is 1.64. The molecule has 0 atom stereocenters. The number of nitrogens with zero attached hydrogens (tertiary/aromatic N) is 3. The molecule has 2 aromatic rings. The first-order chi connectivity index (χ1) is 8.28. The van der Waals surface area contributed by atoms with Crippen molar-refractivity contribution < 1.29 is 0 Å². The molecular weight excluding hydrogens is 212 g/mol. The van der Waals surface area contributed by atoms with Gasteiger partial charge in [-0.1, -0.05) is 12.1 Å². The van der Waals surface area contributed by atoms with E-state index in [1.54, 1.807) is 4.68 Å².